The lowest BCUT2D eigenvalue weighted by molar-refractivity contribution is -0.153. The standard InChI is InChI=1S/C8H8Br2O3/c9-4-2-1-3-5(6(4)10)8(12)13-7(3)11/h3-6H,1-2H2. The molecular formula is C8H8Br2O3. The molecule has 13 heavy (non-hydrogen) atoms. The maximum absolute atomic E-state index is 11.3. The van der Waals surface area contributed by atoms with Crippen LogP contribution < -0.4 is 0 Å². The number of carbonyl (C=O) groups is 2. The molecule has 3 nitrogen and oxygen atoms in total. The predicted molar refractivity (Wildman–Crippen MR) is 52.7 cm³/mol. The zero-order valence-corrected chi connectivity index (χ0v) is 9.88. The third-order valence-electron chi connectivity index (χ3n) is 2.65. The fourth-order valence-electron chi connectivity index (χ4n) is 1.93. The molecule has 4 atom stereocenters. The number of ether oxygens (including phenoxy) is 1. The van der Waals surface area contributed by atoms with Gasteiger partial charge >= 0.3 is 11.9 Å². The largest absolute Gasteiger partial charge is 0.393 e. The van der Waals surface area contributed by atoms with Crippen molar-refractivity contribution in [2.24, 2.45) is 11.8 Å². The van der Waals surface area contributed by atoms with Crippen LogP contribution in [0, 0.1) is 11.8 Å². The molecule has 1 saturated heterocycles. The summed E-state index contributed by atoms with van der Waals surface area (Å²) >= 11 is 6.90. The summed E-state index contributed by atoms with van der Waals surface area (Å²) in [5, 5.41) is 0. The Hall–Kier alpha value is 0.1000. The summed E-state index contributed by atoms with van der Waals surface area (Å²) in [6.07, 6.45) is 1.65. The van der Waals surface area contributed by atoms with Crippen LogP contribution in [0.3, 0.4) is 0 Å². The normalized spacial score (nSPS) is 44.5. The maximum Gasteiger partial charge on any atom is 0.318 e. The van der Waals surface area contributed by atoms with E-state index in [4.69, 9.17) is 0 Å². The van der Waals surface area contributed by atoms with Crippen molar-refractivity contribution in [1.82, 2.24) is 0 Å². The van der Waals surface area contributed by atoms with E-state index >= 15 is 0 Å². The summed E-state index contributed by atoms with van der Waals surface area (Å²) in [4.78, 5) is 22.7. The molecule has 0 N–H and O–H groups in total. The van der Waals surface area contributed by atoms with E-state index in [2.05, 4.69) is 36.6 Å². The minimum absolute atomic E-state index is 0.0187. The first-order valence-corrected chi connectivity index (χ1v) is 5.98. The molecule has 1 saturated carbocycles. The minimum atomic E-state index is -0.374. The van der Waals surface area contributed by atoms with Crippen LogP contribution in [0.4, 0.5) is 0 Å². The molecule has 0 aromatic carbocycles. The van der Waals surface area contributed by atoms with Crippen molar-refractivity contribution in [3.8, 4) is 0 Å². The number of alkyl halides is 2. The number of rotatable bonds is 0. The third-order valence-corrected chi connectivity index (χ3v) is 5.60. The van der Waals surface area contributed by atoms with Gasteiger partial charge in [0.25, 0.3) is 0 Å². The molecule has 1 aliphatic carbocycles. The number of esters is 2. The van der Waals surface area contributed by atoms with Gasteiger partial charge in [-0.15, -0.1) is 0 Å². The van der Waals surface area contributed by atoms with Crippen LogP contribution in [0.2, 0.25) is 0 Å². The number of fused-ring (bicyclic) bond motifs is 1. The van der Waals surface area contributed by atoms with E-state index in [1.54, 1.807) is 0 Å². The zero-order chi connectivity index (χ0) is 9.59. The van der Waals surface area contributed by atoms with E-state index in [9.17, 15) is 9.59 Å². The van der Waals surface area contributed by atoms with Crippen LogP contribution in [-0.2, 0) is 14.3 Å². The summed E-state index contributed by atoms with van der Waals surface area (Å²) < 4.78 is 4.60. The predicted octanol–water partition coefficient (Wildman–Crippen LogP) is 1.62. The molecule has 0 spiro atoms. The molecule has 0 radical (unpaired) electrons. The number of halogens is 2. The molecule has 1 aliphatic heterocycles. The van der Waals surface area contributed by atoms with Crippen molar-refractivity contribution >= 4 is 43.8 Å². The number of hydrogen-bond donors (Lipinski definition) is 0. The smallest absolute Gasteiger partial charge is 0.318 e. The van der Waals surface area contributed by atoms with Gasteiger partial charge in [0, 0.05) is 9.65 Å². The second-order valence-corrected chi connectivity index (χ2v) is 5.64. The summed E-state index contributed by atoms with van der Waals surface area (Å²) in [6, 6.07) is 0. The molecule has 2 rings (SSSR count). The van der Waals surface area contributed by atoms with Gasteiger partial charge in [-0.25, -0.2) is 0 Å². The Balaban J connectivity index is 2.25. The van der Waals surface area contributed by atoms with Crippen LogP contribution >= 0.6 is 31.9 Å². The fourth-order valence-corrected chi connectivity index (χ4v) is 3.37. The Bertz CT molecular complexity index is 266. The highest BCUT2D eigenvalue weighted by molar-refractivity contribution is 9.12. The van der Waals surface area contributed by atoms with Crippen molar-refractivity contribution < 1.29 is 14.3 Å². The average molecular weight is 312 g/mol. The van der Waals surface area contributed by atoms with E-state index in [1.807, 2.05) is 0 Å². The first-order valence-electron chi connectivity index (χ1n) is 4.15. The van der Waals surface area contributed by atoms with Crippen molar-refractivity contribution in [1.29, 1.82) is 0 Å². The molecule has 72 valence electrons. The van der Waals surface area contributed by atoms with E-state index in [-0.39, 0.29) is 33.4 Å². The van der Waals surface area contributed by atoms with Gasteiger partial charge in [0.15, 0.2) is 0 Å². The second kappa shape index (κ2) is 3.35. The van der Waals surface area contributed by atoms with E-state index in [0.717, 1.165) is 12.8 Å². The lowest BCUT2D eigenvalue weighted by atomic mass is 9.81. The van der Waals surface area contributed by atoms with Gasteiger partial charge < -0.3 is 4.74 Å². The lowest BCUT2D eigenvalue weighted by Gasteiger charge is -2.29. The van der Waals surface area contributed by atoms with Gasteiger partial charge in [0.2, 0.25) is 0 Å². The highest BCUT2D eigenvalue weighted by Crippen LogP contribution is 2.42. The van der Waals surface area contributed by atoms with Gasteiger partial charge in [0.05, 0.1) is 11.8 Å². The molecule has 0 aromatic rings. The summed E-state index contributed by atoms with van der Waals surface area (Å²) in [7, 11) is 0. The highest BCUT2D eigenvalue weighted by atomic mass is 79.9. The van der Waals surface area contributed by atoms with Gasteiger partial charge in [-0.3, -0.25) is 9.59 Å². The number of carbonyl (C=O) groups excluding carboxylic acids is 2. The van der Waals surface area contributed by atoms with E-state index in [1.165, 1.54) is 0 Å². The quantitative estimate of drug-likeness (QED) is 0.388. The average Bonchev–Trinajstić information content (AvgIpc) is 2.35. The number of cyclic esters (lactones) is 2. The third kappa shape index (κ3) is 1.46. The molecule has 0 amide bonds. The molecule has 2 aliphatic rings. The summed E-state index contributed by atoms with van der Waals surface area (Å²) in [6.45, 7) is 0. The minimum Gasteiger partial charge on any atom is -0.393 e. The lowest BCUT2D eigenvalue weighted by Crippen LogP contribution is -2.37. The van der Waals surface area contributed by atoms with Gasteiger partial charge in [-0.1, -0.05) is 31.9 Å². The SMILES string of the molecule is O=C1OC(=O)C2C1CCC(Br)C2Br. The second-order valence-electron chi connectivity index (χ2n) is 3.41. The van der Waals surface area contributed by atoms with Crippen LogP contribution in [0.25, 0.3) is 0 Å². The molecule has 0 aromatic heterocycles. The van der Waals surface area contributed by atoms with Gasteiger partial charge in [-0.2, -0.15) is 0 Å². The van der Waals surface area contributed by atoms with Crippen LogP contribution in [-0.4, -0.2) is 21.6 Å². The molecule has 5 heteroatoms. The Morgan fingerprint density at radius 3 is 2.54 bits per heavy atom. The first kappa shape index (κ1) is 9.65. The highest BCUT2D eigenvalue weighted by Gasteiger charge is 2.51. The van der Waals surface area contributed by atoms with Crippen LogP contribution in [0.1, 0.15) is 12.8 Å². The first-order chi connectivity index (χ1) is 6.11. The maximum atomic E-state index is 11.3. The topological polar surface area (TPSA) is 43.4 Å². The summed E-state index contributed by atoms with van der Waals surface area (Å²) in [5.74, 6) is -1.23. The van der Waals surface area contributed by atoms with Gasteiger partial charge in [-0.05, 0) is 12.8 Å². The Morgan fingerprint density at radius 2 is 1.85 bits per heavy atom. The van der Waals surface area contributed by atoms with Crippen molar-refractivity contribution in [2.75, 3.05) is 0 Å². The fraction of sp³-hybridized carbons (Fsp3) is 0.750. The summed E-state index contributed by atoms with van der Waals surface area (Å²) in [5.41, 5.74) is 0. The Morgan fingerprint density at radius 1 is 1.15 bits per heavy atom. The zero-order valence-electron chi connectivity index (χ0n) is 6.70. The Kier molecular flexibility index (Phi) is 2.49. The monoisotopic (exact) mass is 310 g/mol. The molecule has 2 fully saturated rings. The van der Waals surface area contributed by atoms with Crippen LogP contribution in [0.5, 0.6) is 0 Å². The molecule has 4 unspecified atom stereocenters. The van der Waals surface area contributed by atoms with Crippen molar-refractivity contribution in [3.05, 3.63) is 0 Å². The van der Waals surface area contributed by atoms with Crippen LogP contribution in [0.15, 0.2) is 0 Å². The number of hydrogen-bond acceptors (Lipinski definition) is 3. The van der Waals surface area contributed by atoms with Crippen molar-refractivity contribution in [2.45, 2.75) is 22.5 Å². The van der Waals surface area contributed by atoms with E-state index < -0.39 is 0 Å². The molecule has 1 heterocycles. The Labute approximate surface area is 92.5 Å². The van der Waals surface area contributed by atoms with Gasteiger partial charge in [0.1, 0.15) is 0 Å². The molecule has 0 bridgehead atoms. The molecular weight excluding hydrogens is 304 g/mol. The van der Waals surface area contributed by atoms with Crippen molar-refractivity contribution in [3.63, 3.8) is 0 Å². The van der Waals surface area contributed by atoms with E-state index in [0.29, 0.717) is 0 Å².